The minimum Gasteiger partial charge on any atom is -0.477 e. The summed E-state index contributed by atoms with van der Waals surface area (Å²) in [4.78, 5) is 53.8. The zero-order valence-corrected chi connectivity index (χ0v) is 20.4. The van der Waals surface area contributed by atoms with Crippen LogP contribution in [0.4, 0.5) is 0 Å². The average molecular weight is 480 g/mol. The molecule has 0 spiro atoms. The summed E-state index contributed by atoms with van der Waals surface area (Å²) in [6, 6.07) is -0.523. The monoisotopic (exact) mass is 479 g/mol. The van der Waals surface area contributed by atoms with Crippen molar-refractivity contribution in [2.75, 3.05) is 27.2 Å². The summed E-state index contributed by atoms with van der Waals surface area (Å²) in [5, 5.41) is 13.2. The van der Waals surface area contributed by atoms with Crippen LogP contribution in [0.1, 0.15) is 39.5 Å². The number of thioether (sulfide) groups is 1. The van der Waals surface area contributed by atoms with Crippen LogP contribution in [0.3, 0.4) is 0 Å². The summed E-state index contributed by atoms with van der Waals surface area (Å²) in [5.74, 6) is -1.95. The first-order valence-corrected chi connectivity index (χ1v) is 12.6. The number of carboxylic acid groups (broad SMARTS) is 1. The molecule has 2 amide bonds. The number of fused-ring (bicyclic) bond motifs is 1. The fraction of sp³-hybridized carbons (Fsp3) is 0.739. The number of hydrogen-bond acceptors (Lipinski definition) is 7. The Morgan fingerprint density at radius 1 is 1.33 bits per heavy atom. The third-order valence-corrected chi connectivity index (χ3v) is 8.85. The smallest absolute Gasteiger partial charge is 0.353 e. The second kappa shape index (κ2) is 9.38. The van der Waals surface area contributed by atoms with E-state index < -0.39 is 5.97 Å². The molecule has 182 valence electrons. The number of carbonyl (C=O) groups excluding carboxylic acids is 3. The van der Waals surface area contributed by atoms with Gasteiger partial charge in [-0.15, -0.1) is 11.8 Å². The van der Waals surface area contributed by atoms with Gasteiger partial charge in [-0.2, -0.15) is 0 Å². The van der Waals surface area contributed by atoms with Crippen LogP contribution in [0.15, 0.2) is 10.6 Å². The first-order valence-electron chi connectivity index (χ1n) is 11.7. The Morgan fingerprint density at radius 2 is 2.06 bits per heavy atom. The maximum absolute atomic E-state index is 13.1. The molecule has 7 atom stereocenters. The minimum atomic E-state index is -1.10. The van der Waals surface area contributed by atoms with Gasteiger partial charge < -0.3 is 25.0 Å². The molecule has 4 aliphatic heterocycles. The second-order valence-corrected chi connectivity index (χ2v) is 11.2. The second-order valence-electron chi connectivity index (χ2n) is 9.85. The van der Waals surface area contributed by atoms with Crippen molar-refractivity contribution in [1.29, 1.82) is 0 Å². The average Bonchev–Trinajstić information content (AvgIpc) is 3.48. The fourth-order valence-electron chi connectivity index (χ4n) is 5.65. The van der Waals surface area contributed by atoms with E-state index in [1.54, 1.807) is 19.0 Å². The molecule has 4 aliphatic rings. The first kappa shape index (κ1) is 24.2. The molecule has 9 nitrogen and oxygen atoms in total. The third-order valence-electron chi connectivity index (χ3n) is 7.34. The van der Waals surface area contributed by atoms with E-state index in [1.165, 1.54) is 16.7 Å². The lowest BCUT2D eigenvalue weighted by Gasteiger charge is -2.47. The van der Waals surface area contributed by atoms with E-state index in [4.69, 9.17) is 4.74 Å². The van der Waals surface area contributed by atoms with Gasteiger partial charge in [-0.05, 0) is 25.2 Å². The molecule has 0 aromatic rings. The number of amides is 2. The van der Waals surface area contributed by atoms with Crippen LogP contribution < -0.4 is 5.32 Å². The molecule has 10 heteroatoms. The summed E-state index contributed by atoms with van der Waals surface area (Å²) in [5.41, 5.74) is 0.0683. The van der Waals surface area contributed by atoms with Gasteiger partial charge in [0.15, 0.2) is 5.78 Å². The van der Waals surface area contributed by atoms with E-state index in [-0.39, 0.29) is 70.9 Å². The zero-order valence-electron chi connectivity index (χ0n) is 19.6. The number of likely N-dealkylation sites (N-methyl/N-ethyl adjacent to an activating group) is 1. The predicted octanol–water partition coefficient (Wildman–Crippen LogP) is 1.09. The predicted molar refractivity (Wildman–Crippen MR) is 122 cm³/mol. The lowest BCUT2D eigenvalue weighted by molar-refractivity contribution is -0.160. The standard InChI is InChI=1S/C23H33N3O6S/c1-11(8-15(27)16-6-5-7-32-16)17-18-12(2)20(19(23(30)31)26(18)22(17)29)33-13-9-14(24-10-13)21(28)25(3)4/h11-14,16-18,24H,5-10H2,1-4H3,(H,30,31)/t11-,12+,13-,14-,16+,17+,18+/m0/s1. The number of Topliss-reactive ketones (excluding diaryl/α,β-unsaturated/α-hetero) is 1. The van der Waals surface area contributed by atoms with Gasteiger partial charge >= 0.3 is 5.97 Å². The summed E-state index contributed by atoms with van der Waals surface area (Å²) in [6.07, 6.45) is 2.12. The number of rotatable bonds is 8. The lowest BCUT2D eigenvalue weighted by atomic mass is 9.73. The molecule has 0 unspecified atom stereocenters. The minimum absolute atomic E-state index is 0.00815. The van der Waals surface area contributed by atoms with Crippen LogP contribution in [0.5, 0.6) is 0 Å². The van der Waals surface area contributed by atoms with Crippen molar-refractivity contribution < 1.29 is 29.0 Å². The van der Waals surface area contributed by atoms with E-state index in [1.807, 2.05) is 13.8 Å². The van der Waals surface area contributed by atoms with E-state index in [2.05, 4.69) is 5.32 Å². The van der Waals surface area contributed by atoms with Crippen LogP contribution in [0.25, 0.3) is 0 Å². The number of carboxylic acids is 1. The molecular weight excluding hydrogens is 446 g/mol. The number of β-lactam (4-membered cyclic amide) rings is 1. The van der Waals surface area contributed by atoms with Gasteiger partial charge in [0.25, 0.3) is 0 Å². The highest BCUT2D eigenvalue weighted by Gasteiger charge is 2.60. The molecule has 4 heterocycles. The maximum atomic E-state index is 13.1. The van der Waals surface area contributed by atoms with Crippen molar-refractivity contribution in [2.24, 2.45) is 17.8 Å². The van der Waals surface area contributed by atoms with Gasteiger partial charge in [-0.3, -0.25) is 14.4 Å². The molecule has 0 bridgehead atoms. The Labute approximate surface area is 198 Å². The van der Waals surface area contributed by atoms with Crippen molar-refractivity contribution in [3.63, 3.8) is 0 Å². The number of ether oxygens (including phenoxy) is 1. The van der Waals surface area contributed by atoms with Crippen LogP contribution in [-0.4, -0.2) is 89.2 Å². The molecule has 0 saturated carbocycles. The molecule has 4 rings (SSSR count). The maximum Gasteiger partial charge on any atom is 0.353 e. The summed E-state index contributed by atoms with van der Waals surface area (Å²) in [7, 11) is 3.44. The number of nitrogens with one attached hydrogen (secondary N) is 1. The molecule has 3 saturated heterocycles. The van der Waals surface area contributed by atoms with Crippen LogP contribution in [-0.2, 0) is 23.9 Å². The Balaban J connectivity index is 1.45. The van der Waals surface area contributed by atoms with Crippen LogP contribution in [0.2, 0.25) is 0 Å². The molecule has 0 aromatic heterocycles. The van der Waals surface area contributed by atoms with E-state index >= 15 is 0 Å². The highest BCUT2D eigenvalue weighted by atomic mass is 32.2. The van der Waals surface area contributed by atoms with Gasteiger partial charge in [-0.1, -0.05) is 13.8 Å². The molecule has 33 heavy (non-hydrogen) atoms. The van der Waals surface area contributed by atoms with Gasteiger partial charge in [0.1, 0.15) is 11.8 Å². The van der Waals surface area contributed by atoms with Gasteiger partial charge in [0.05, 0.1) is 18.0 Å². The van der Waals surface area contributed by atoms with Crippen LogP contribution in [0, 0.1) is 17.8 Å². The largest absolute Gasteiger partial charge is 0.477 e. The SMILES string of the molecule is C[C@@H](CC(=O)[C@H]1CCCO1)[C@H]1C(=O)N2C(C(=O)O)=C(S[C@@H]3CN[C@H](C(=O)N(C)C)C3)[C@H](C)[C@H]12. The van der Waals surface area contributed by atoms with Gasteiger partial charge in [0, 0.05) is 49.7 Å². The van der Waals surface area contributed by atoms with Crippen molar-refractivity contribution in [1.82, 2.24) is 15.1 Å². The molecule has 0 radical (unpaired) electrons. The highest BCUT2D eigenvalue weighted by Crippen LogP contribution is 2.53. The van der Waals surface area contributed by atoms with Gasteiger partial charge in [-0.25, -0.2) is 4.79 Å². The summed E-state index contributed by atoms with van der Waals surface area (Å²) < 4.78 is 5.49. The molecular formula is C23H33N3O6S. The van der Waals surface area contributed by atoms with Crippen molar-refractivity contribution in [2.45, 2.75) is 63.0 Å². The Kier molecular flexibility index (Phi) is 6.89. The Hall–Kier alpha value is -1.91. The van der Waals surface area contributed by atoms with Crippen molar-refractivity contribution in [3.05, 3.63) is 10.6 Å². The molecule has 2 N–H and O–H groups in total. The van der Waals surface area contributed by atoms with E-state index in [0.717, 1.165) is 12.8 Å². The summed E-state index contributed by atoms with van der Waals surface area (Å²) >= 11 is 1.47. The van der Waals surface area contributed by atoms with E-state index in [0.29, 0.717) is 24.5 Å². The van der Waals surface area contributed by atoms with Gasteiger partial charge in [0.2, 0.25) is 11.8 Å². The summed E-state index contributed by atoms with van der Waals surface area (Å²) in [6.45, 7) is 5.08. The highest BCUT2D eigenvalue weighted by molar-refractivity contribution is 8.03. The topological polar surface area (TPSA) is 116 Å². The van der Waals surface area contributed by atoms with Crippen molar-refractivity contribution in [3.8, 4) is 0 Å². The number of nitrogens with zero attached hydrogens (tertiary/aromatic N) is 2. The number of ketones is 1. The Morgan fingerprint density at radius 3 is 2.67 bits per heavy atom. The van der Waals surface area contributed by atoms with E-state index in [9.17, 15) is 24.3 Å². The quantitative estimate of drug-likeness (QED) is 0.497. The Bertz CT molecular complexity index is 883. The molecule has 3 fully saturated rings. The molecule has 0 aliphatic carbocycles. The normalized spacial score (nSPS) is 34.3. The first-order chi connectivity index (χ1) is 15.6. The number of hydrogen-bond donors (Lipinski definition) is 2. The molecule has 0 aromatic carbocycles. The van der Waals surface area contributed by atoms with Crippen LogP contribution >= 0.6 is 11.8 Å². The number of carbonyl (C=O) groups is 4. The zero-order chi connectivity index (χ0) is 24.0. The third kappa shape index (κ3) is 4.33. The number of aliphatic carboxylic acids is 1. The van der Waals surface area contributed by atoms with Crippen molar-refractivity contribution >= 4 is 35.3 Å². The fourth-order valence-corrected chi connectivity index (χ4v) is 7.13. The lowest BCUT2D eigenvalue weighted by Crippen LogP contribution is -2.62.